The van der Waals surface area contributed by atoms with Gasteiger partial charge in [-0.15, -0.1) is 11.3 Å². The molecular formula is C21H26N2O3S. The molecule has 2 N–H and O–H groups in total. The molecule has 2 aromatic carbocycles. The molecule has 3 rings (SSSR count). The summed E-state index contributed by atoms with van der Waals surface area (Å²) in [5, 5.41) is 7.59. The van der Waals surface area contributed by atoms with E-state index in [0.717, 1.165) is 46.8 Å². The normalized spacial score (nSPS) is 11.2. The second-order valence-electron chi connectivity index (χ2n) is 6.36. The molecule has 0 fully saturated rings. The van der Waals surface area contributed by atoms with Gasteiger partial charge in [-0.2, -0.15) is 0 Å². The van der Waals surface area contributed by atoms with Crippen LogP contribution in [0.25, 0.3) is 20.2 Å². The number of fused-ring (bicyclic) bond motifs is 2. The average Bonchev–Trinajstić information content (AvgIpc) is 2.69. The maximum atomic E-state index is 13.0. The average molecular weight is 387 g/mol. The van der Waals surface area contributed by atoms with Gasteiger partial charge in [-0.3, -0.25) is 4.79 Å². The maximum absolute atomic E-state index is 13.0. The molecule has 0 aliphatic carbocycles. The van der Waals surface area contributed by atoms with Gasteiger partial charge in [0.05, 0.1) is 13.2 Å². The van der Waals surface area contributed by atoms with Crippen molar-refractivity contribution in [2.75, 3.05) is 40.4 Å². The summed E-state index contributed by atoms with van der Waals surface area (Å²) >= 11 is 1.62. The van der Waals surface area contributed by atoms with Crippen molar-refractivity contribution in [1.29, 1.82) is 0 Å². The highest BCUT2D eigenvalue weighted by Crippen LogP contribution is 2.29. The number of hydrogen-bond donors (Lipinski definition) is 2. The van der Waals surface area contributed by atoms with Crippen molar-refractivity contribution in [3.63, 3.8) is 0 Å². The van der Waals surface area contributed by atoms with Crippen LogP contribution in [0.1, 0.15) is 12.8 Å². The third kappa shape index (κ3) is 4.97. The summed E-state index contributed by atoms with van der Waals surface area (Å²) < 4.78 is 13.5. The van der Waals surface area contributed by atoms with Crippen molar-refractivity contribution in [2.45, 2.75) is 12.8 Å². The van der Waals surface area contributed by atoms with Gasteiger partial charge in [-0.05, 0) is 76.4 Å². The quantitative estimate of drug-likeness (QED) is 0.413. The minimum Gasteiger partial charge on any atom is -0.494 e. The minimum atomic E-state index is 0.0279. The standard InChI is InChI=1S/C21H26N2O3S/c1-22-9-3-11-25-15-5-7-19-17(13-15)21(24)18-14-16(6-8-20(18)27-19)26-12-4-10-23-2/h5-8,13-14,22-23H,3-4,9-12H2,1-2H3. The molecule has 144 valence electrons. The van der Waals surface area contributed by atoms with Crippen LogP contribution in [0.5, 0.6) is 11.5 Å². The molecular weight excluding hydrogens is 360 g/mol. The molecule has 0 spiro atoms. The summed E-state index contributed by atoms with van der Waals surface area (Å²) in [6, 6.07) is 11.5. The van der Waals surface area contributed by atoms with Crippen molar-refractivity contribution >= 4 is 31.5 Å². The van der Waals surface area contributed by atoms with Crippen LogP contribution >= 0.6 is 11.3 Å². The van der Waals surface area contributed by atoms with Crippen LogP contribution in [0.4, 0.5) is 0 Å². The Bertz CT molecular complexity index is 882. The van der Waals surface area contributed by atoms with Gasteiger partial charge in [0, 0.05) is 20.2 Å². The minimum absolute atomic E-state index is 0.0279. The van der Waals surface area contributed by atoms with E-state index in [1.165, 1.54) is 0 Å². The summed E-state index contributed by atoms with van der Waals surface area (Å²) in [6.45, 7) is 3.07. The maximum Gasteiger partial charge on any atom is 0.196 e. The number of nitrogens with one attached hydrogen (secondary N) is 2. The Hall–Kier alpha value is -2.15. The monoisotopic (exact) mass is 386 g/mol. The molecule has 3 aromatic rings. The molecule has 27 heavy (non-hydrogen) atoms. The van der Waals surface area contributed by atoms with Crippen LogP contribution < -0.4 is 25.5 Å². The van der Waals surface area contributed by atoms with E-state index in [4.69, 9.17) is 9.47 Å². The van der Waals surface area contributed by atoms with Crippen molar-refractivity contribution < 1.29 is 9.47 Å². The molecule has 0 aliphatic heterocycles. The van der Waals surface area contributed by atoms with Gasteiger partial charge in [-0.1, -0.05) is 0 Å². The Labute approximate surface area is 163 Å². The molecule has 5 nitrogen and oxygen atoms in total. The Balaban J connectivity index is 1.86. The van der Waals surface area contributed by atoms with Gasteiger partial charge in [0.25, 0.3) is 0 Å². The van der Waals surface area contributed by atoms with Gasteiger partial charge in [0.15, 0.2) is 5.43 Å². The topological polar surface area (TPSA) is 59.6 Å². The molecule has 0 saturated carbocycles. The Kier molecular flexibility index (Phi) is 7.04. The van der Waals surface area contributed by atoms with E-state index in [2.05, 4.69) is 10.6 Å². The summed E-state index contributed by atoms with van der Waals surface area (Å²) in [5.74, 6) is 1.48. The van der Waals surface area contributed by atoms with Crippen LogP contribution in [-0.4, -0.2) is 40.4 Å². The molecule has 0 amide bonds. The van der Waals surface area contributed by atoms with E-state index in [1.807, 2.05) is 50.5 Å². The zero-order chi connectivity index (χ0) is 19.1. The van der Waals surface area contributed by atoms with Crippen LogP contribution in [0.3, 0.4) is 0 Å². The number of ether oxygens (including phenoxy) is 2. The van der Waals surface area contributed by atoms with E-state index < -0.39 is 0 Å². The number of benzene rings is 2. The molecule has 0 aliphatic rings. The molecule has 0 unspecified atom stereocenters. The summed E-state index contributed by atoms with van der Waals surface area (Å²) in [5.41, 5.74) is 0.0279. The molecule has 0 saturated heterocycles. The lowest BCUT2D eigenvalue weighted by molar-refractivity contribution is 0.310. The summed E-state index contributed by atoms with van der Waals surface area (Å²) in [4.78, 5) is 13.0. The van der Waals surface area contributed by atoms with Crippen LogP contribution in [-0.2, 0) is 0 Å². The predicted molar refractivity (Wildman–Crippen MR) is 114 cm³/mol. The Morgan fingerprint density at radius 1 is 0.815 bits per heavy atom. The van der Waals surface area contributed by atoms with Crippen molar-refractivity contribution in [2.24, 2.45) is 0 Å². The summed E-state index contributed by atoms with van der Waals surface area (Å²) in [6.07, 6.45) is 1.85. The van der Waals surface area contributed by atoms with Gasteiger partial charge < -0.3 is 20.1 Å². The van der Waals surface area contributed by atoms with E-state index in [-0.39, 0.29) is 5.43 Å². The first-order chi connectivity index (χ1) is 13.2. The van der Waals surface area contributed by atoms with Gasteiger partial charge in [0.1, 0.15) is 11.5 Å². The fourth-order valence-corrected chi connectivity index (χ4v) is 3.90. The molecule has 6 heteroatoms. The lowest BCUT2D eigenvalue weighted by Gasteiger charge is -2.09. The third-order valence-electron chi connectivity index (χ3n) is 4.29. The molecule has 0 atom stereocenters. The van der Waals surface area contributed by atoms with E-state index in [0.29, 0.717) is 24.0 Å². The molecule has 1 heterocycles. The zero-order valence-electron chi connectivity index (χ0n) is 15.8. The fraction of sp³-hybridized carbons (Fsp3) is 0.381. The van der Waals surface area contributed by atoms with Crippen molar-refractivity contribution in [1.82, 2.24) is 10.6 Å². The second-order valence-corrected chi connectivity index (χ2v) is 7.44. The van der Waals surface area contributed by atoms with Crippen LogP contribution in [0.2, 0.25) is 0 Å². The third-order valence-corrected chi connectivity index (χ3v) is 5.44. The first-order valence-electron chi connectivity index (χ1n) is 9.28. The highest BCUT2D eigenvalue weighted by molar-refractivity contribution is 7.24. The lowest BCUT2D eigenvalue weighted by Crippen LogP contribution is -2.11. The number of rotatable bonds is 10. The Morgan fingerprint density at radius 3 is 1.74 bits per heavy atom. The second kappa shape index (κ2) is 9.69. The van der Waals surface area contributed by atoms with Gasteiger partial charge in [0.2, 0.25) is 0 Å². The first kappa shape index (κ1) is 19.6. The van der Waals surface area contributed by atoms with Gasteiger partial charge in [-0.25, -0.2) is 0 Å². The van der Waals surface area contributed by atoms with Crippen molar-refractivity contribution in [3.05, 3.63) is 46.6 Å². The SMILES string of the molecule is CNCCCOc1ccc2sc3ccc(OCCCNC)cc3c(=O)c2c1. The van der Waals surface area contributed by atoms with Crippen LogP contribution in [0, 0.1) is 0 Å². The highest BCUT2D eigenvalue weighted by Gasteiger charge is 2.09. The fourth-order valence-electron chi connectivity index (χ4n) is 2.87. The molecule has 0 bridgehead atoms. The zero-order valence-corrected chi connectivity index (χ0v) is 16.7. The predicted octanol–water partition coefficient (Wildman–Crippen LogP) is 3.39. The van der Waals surface area contributed by atoms with E-state index in [9.17, 15) is 4.79 Å². The first-order valence-corrected chi connectivity index (χ1v) is 10.1. The molecule has 1 aromatic heterocycles. The van der Waals surface area contributed by atoms with Crippen LogP contribution in [0.15, 0.2) is 41.2 Å². The largest absolute Gasteiger partial charge is 0.494 e. The van der Waals surface area contributed by atoms with E-state index in [1.54, 1.807) is 11.3 Å². The highest BCUT2D eigenvalue weighted by atomic mass is 32.1. The molecule has 0 radical (unpaired) electrons. The van der Waals surface area contributed by atoms with Gasteiger partial charge >= 0.3 is 0 Å². The summed E-state index contributed by atoms with van der Waals surface area (Å²) in [7, 11) is 3.84. The van der Waals surface area contributed by atoms with Crippen molar-refractivity contribution in [3.8, 4) is 11.5 Å². The van der Waals surface area contributed by atoms with E-state index >= 15 is 0 Å². The lowest BCUT2D eigenvalue weighted by atomic mass is 10.1. The number of hydrogen-bond acceptors (Lipinski definition) is 6. The smallest absolute Gasteiger partial charge is 0.196 e. The Morgan fingerprint density at radius 2 is 1.30 bits per heavy atom.